The zero-order valence-electron chi connectivity index (χ0n) is 10.2. The molecule has 2 rings (SSSR count). The van der Waals surface area contributed by atoms with Crippen molar-refractivity contribution in [1.29, 1.82) is 0 Å². The van der Waals surface area contributed by atoms with Crippen molar-refractivity contribution in [1.82, 2.24) is 0 Å². The fraction of sp³-hybridized carbons (Fsp3) is 0.200. The summed E-state index contributed by atoms with van der Waals surface area (Å²) in [5.41, 5.74) is 0.857. The number of rotatable bonds is 5. The maximum absolute atomic E-state index is 9.94. The average molecular weight is 297 g/mol. The van der Waals surface area contributed by atoms with Gasteiger partial charge in [-0.15, -0.1) is 0 Å². The molecule has 0 aliphatic heterocycles. The molecular formula is C15H14Cl2O2. The lowest BCUT2D eigenvalue weighted by Crippen LogP contribution is -2.20. The van der Waals surface area contributed by atoms with Crippen molar-refractivity contribution >= 4 is 23.2 Å². The second kappa shape index (κ2) is 6.80. The van der Waals surface area contributed by atoms with E-state index in [2.05, 4.69) is 0 Å². The smallest absolute Gasteiger partial charge is 0.119 e. The molecule has 0 fully saturated rings. The van der Waals surface area contributed by atoms with Crippen LogP contribution in [0.2, 0.25) is 10.0 Å². The van der Waals surface area contributed by atoms with Gasteiger partial charge in [0.15, 0.2) is 0 Å². The first-order valence-electron chi connectivity index (χ1n) is 5.95. The van der Waals surface area contributed by atoms with Crippen molar-refractivity contribution < 1.29 is 9.84 Å². The van der Waals surface area contributed by atoms with E-state index in [1.54, 1.807) is 12.1 Å². The summed E-state index contributed by atoms with van der Waals surface area (Å²) in [4.78, 5) is 0. The highest BCUT2D eigenvalue weighted by Crippen LogP contribution is 2.22. The van der Waals surface area contributed by atoms with Crippen molar-refractivity contribution in [2.75, 3.05) is 6.61 Å². The van der Waals surface area contributed by atoms with E-state index < -0.39 is 6.10 Å². The summed E-state index contributed by atoms with van der Waals surface area (Å²) in [6.07, 6.45) is -0.179. The molecule has 100 valence electrons. The Morgan fingerprint density at radius 3 is 2.47 bits per heavy atom. The summed E-state index contributed by atoms with van der Waals surface area (Å²) in [7, 11) is 0. The fourth-order valence-electron chi connectivity index (χ4n) is 1.71. The molecule has 0 bridgehead atoms. The molecule has 1 unspecified atom stereocenters. The minimum absolute atomic E-state index is 0.225. The molecule has 1 atom stereocenters. The molecule has 0 aliphatic rings. The Labute approximate surface area is 122 Å². The number of para-hydroxylation sites is 1. The third-order valence-electron chi connectivity index (χ3n) is 2.66. The van der Waals surface area contributed by atoms with E-state index in [9.17, 15) is 5.11 Å². The van der Waals surface area contributed by atoms with E-state index in [1.165, 1.54) is 0 Å². The van der Waals surface area contributed by atoms with Crippen LogP contribution in [-0.2, 0) is 6.42 Å². The first-order chi connectivity index (χ1) is 9.15. The van der Waals surface area contributed by atoms with E-state index in [1.807, 2.05) is 36.4 Å². The van der Waals surface area contributed by atoms with Crippen molar-refractivity contribution in [3.05, 3.63) is 64.1 Å². The minimum atomic E-state index is -0.612. The number of hydrogen-bond donors (Lipinski definition) is 1. The predicted octanol–water partition coefficient (Wildman–Crippen LogP) is 3.98. The number of ether oxygens (including phenoxy) is 1. The molecule has 4 heteroatoms. The molecule has 1 N–H and O–H groups in total. The van der Waals surface area contributed by atoms with Gasteiger partial charge in [0.25, 0.3) is 0 Å². The molecule has 0 heterocycles. The van der Waals surface area contributed by atoms with Crippen LogP contribution < -0.4 is 4.74 Å². The lowest BCUT2D eigenvalue weighted by molar-refractivity contribution is 0.108. The van der Waals surface area contributed by atoms with Crippen molar-refractivity contribution in [3.63, 3.8) is 0 Å². The van der Waals surface area contributed by atoms with E-state index in [4.69, 9.17) is 27.9 Å². The maximum atomic E-state index is 9.94. The number of aliphatic hydroxyl groups is 1. The Balaban J connectivity index is 1.89. The highest BCUT2D eigenvalue weighted by molar-refractivity contribution is 6.35. The number of hydrogen-bond acceptors (Lipinski definition) is 2. The summed E-state index contributed by atoms with van der Waals surface area (Å²) < 4.78 is 5.48. The summed E-state index contributed by atoms with van der Waals surface area (Å²) in [6.45, 7) is 0.225. The van der Waals surface area contributed by atoms with Crippen molar-refractivity contribution in [2.24, 2.45) is 0 Å². The van der Waals surface area contributed by atoms with Gasteiger partial charge in [-0.2, -0.15) is 0 Å². The summed E-state index contributed by atoms with van der Waals surface area (Å²) in [5.74, 6) is 0.740. The highest BCUT2D eigenvalue weighted by atomic mass is 35.5. The average Bonchev–Trinajstić information content (AvgIpc) is 2.41. The molecule has 0 saturated carbocycles. The highest BCUT2D eigenvalue weighted by Gasteiger charge is 2.10. The zero-order valence-corrected chi connectivity index (χ0v) is 11.7. The number of benzene rings is 2. The van der Waals surface area contributed by atoms with Gasteiger partial charge in [0.2, 0.25) is 0 Å². The fourth-order valence-corrected chi connectivity index (χ4v) is 2.19. The first-order valence-corrected chi connectivity index (χ1v) is 6.70. The van der Waals surface area contributed by atoms with E-state index in [0.717, 1.165) is 11.3 Å². The van der Waals surface area contributed by atoms with Crippen LogP contribution in [0.4, 0.5) is 0 Å². The maximum Gasteiger partial charge on any atom is 0.119 e. The van der Waals surface area contributed by atoms with Crippen LogP contribution in [-0.4, -0.2) is 17.8 Å². The van der Waals surface area contributed by atoms with Crippen LogP contribution in [0.25, 0.3) is 0 Å². The lowest BCUT2D eigenvalue weighted by Gasteiger charge is -2.13. The molecule has 2 aromatic carbocycles. The Kier molecular flexibility index (Phi) is 5.08. The van der Waals surface area contributed by atoms with Gasteiger partial charge in [0, 0.05) is 16.5 Å². The van der Waals surface area contributed by atoms with Gasteiger partial charge in [-0.3, -0.25) is 0 Å². The molecule has 0 spiro atoms. The van der Waals surface area contributed by atoms with Crippen LogP contribution in [0.15, 0.2) is 48.5 Å². The third kappa shape index (κ3) is 4.43. The number of aliphatic hydroxyl groups excluding tert-OH is 1. The monoisotopic (exact) mass is 296 g/mol. The Morgan fingerprint density at radius 1 is 1.05 bits per heavy atom. The van der Waals surface area contributed by atoms with Crippen LogP contribution in [0.5, 0.6) is 5.75 Å². The van der Waals surface area contributed by atoms with Gasteiger partial charge >= 0.3 is 0 Å². The quantitative estimate of drug-likeness (QED) is 0.904. The van der Waals surface area contributed by atoms with Gasteiger partial charge in [-0.25, -0.2) is 0 Å². The molecule has 0 radical (unpaired) electrons. The van der Waals surface area contributed by atoms with E-state index in [-0.39, 0.29) is 6.61 Å². The summed E-state index contributed by atoms with van der Waals surface area (Å²) in [5, 5.41) is 11.1. The summed E-state index contributed by atoms with van der Waals surface area (Å²) in [6, 6.07) is 14.6. The molecule has 0 amide bonds. The largest absolute Gasteiger partial charge is 0.491 e. The zero-order chi connectivity index (χ0) is 13.7. The molecule has 0 aromatic heterocycles. The topological polar surface area (TPSA) is 29.5 Å². The van der Waals surface area contributed by atoms with Gasteiger partial charge in [0.05, 0.1) is 6.10 Å². The van der Waals surface area contributed by atoms with E-state index in [0.29, 0.717) is 16.5 Å². The standard InChI is InChI=1S/C15H14Cl2O2/c16-12-7-6-11(15(17)9-12)8-13(18)10-19-14-4-2-1-3-5-14/h1-7,9,13,18H,8,10H2. The van der Waals surface area contributed by atoms with Gasteiger partial charge in [0.1, 0.15) is 12.4 Å². The SMILES string of the molecule is OC(COc1ccccc1)Cc1ccc(Cl)cc1Cl. The molecule has 19 heavy (non-hydrogen) atoms. The molecular weight excluding hydrogens is 283 g/mol. The second-order valence-electron chi connectivity index (χ2n) is 4.22. The lowest BCUT2D eigenvalue weighted by atomic mass is 10.1. The first kappa shape index (κ1) is 14.2. The Bertz CT molecular complexity index is 529. The van der Waals surface area contributed by atoms with Gasteiger partial charge in [-0.05, 0) is 29.8 Å². The molecule has 2 nitrogen and oxygen atoms in total. The van der Waals surface area contributed by atoms with Crippen molar-refractivity contribution in [3.8, 4) is 5.75 Å². The van der Waals surface area contributed by atoms with Crippen LogP contribution in [0.3, 0.4) is 0 Å². The molecule has 2 aromatic rings. The molecule has 0 saturated heterocycles. The van der Waals surface area contributed by atoms with Crippen LogP contribution in [0, 0.1) is 0 Å². The minimum Gasteiger partial charge on any atom is -0.491 e. The third-order valence-corrected chi connectivity index (χ3v) is 3.24. The van der Waals surface area contributed by atoms with Crippen LogP contribution >= 0.6 is 23.2 Å². The van der Waals surface area contributed by atoms with E-state index >= 15 is 0 Å². The van der Waals surface area contributed by atoms with Crippen LogP contribution in [0.1, 0.15) is 5.56 Å². The predicted molar refractivity (Wildman–Crippen MR) is 78.1 cm³/mol. The van der Waals surface area contributed by atoms with Gasteiger partial charge in [-0.1, -0.05) is 47.5 Å². The molecule has 0 aliphatic carbocycles. The van der Waals surface area contributed by atoms with Crippen molar-refractivity contribution in [2.45, 2.75) is 12.5 Å². The second-order valence-corrected chi connectivity index (χ2v) is 5.06. The normalized spacial score (nSPS) is 12.2. The number of halogens is 2. The van der Waals surface area contributed by atoms with Gasteiger partial charge < -0.3 is 9.84 Å². The Morgan fingerprint density at radius 2 is 1.79 bits per heavy atom. The Hall–Kier alpha value is -1.22. The summed E-state index contributed by atoms with van der Waals surface area (Å²) >= 11 is 11.9.